The number of nitrogens with zero attached hydrogens (tertiary/aromatic N) is 1. The summed E-state index contributed by atoms with van der Waals surface area (Å²) in [6.45, 7) is 1.87. The molecule has 0 fully saturated rings. The molecular formula is C13H10F2N2. The number of anilines is 1. The molecule has 2 nitrogen and oxygen atoms in total. The van der Waals surface area contributed by atoms with Gasteiger partial charge in [-0.15, -0.1) is 0 Å². The van der Waals surface area contributed by atoms with E-state index >= 15 is 0 Å². The maximum Gasteiger partial charge on any atom is 0.177 e. The third-order valence-electron chi connectivity index (χ3n) is 2.73. The molecule has 0 heterocycles. The minimum atomic E-state index is -1.10. The van der Waals surface area contributed by atoms with Gasteiger partial charge in [0.1, 0.15) is 6.07 Å². The molecule has 0 amide bonds. The van der Waals surface area contributed by atoms with E-state index in [9.17, 15) is 8.78 Å². The summed E-state index contributed by atoms with van der Waals surface area (Å²) >= 11 is 0. The van der Waals surface area contributed by atoms with Crippen molar-refractivity contribution in [3.63, 3.8) is 0 Å². The Hall–Kier alpha value is -2.15. The summed E-state index contributed by atoms with van der Waals surface area (Å²) in [5.41, 5.74) is 6.65. The second-order valence-corrected chi connectivity index (χ2v) is 3.79. The summed E-state index contributed by atoms with van der Waals surface area (Å²) in [7, 11) is 0. The highest BCUT2D eigenvalue weighted by molar-refractivity contribution is 5.93. The van der Waals surface area contributed by atoms with Gasteiger partial charge in [-0.2, -0.15) is 5.26 Å². The van der Waals surface area contributed by atoms with E-state index in [-0.39, 0.29) is 5.56 Å². The third kappa shape index (κ3) is 1.70. The number of fused-ring (bicyclic) bond motifs is 1. The Kier molecular flexibility index (Phi) is 2.68. The zero-order chi connectivity index (χ0) is 12.6. The first-order valence-electron chi connectivity index (χ1n) is 5.18. The van der Waals surface area contributed by atoms with Gasteiger partial charge < -0.3 is 5.73 Å². The summed E-state index contributed by atoms with van der Waals surface area (Å²) in [6.07, 6.45) is 0.599. The number of nitriles is 1. The van der Waals surface area contributed by atoms with Crippen molar-refractivity contribution < 1.29 is 8.78 Å². The number of hydrogen-bond acceptors (Lipinski definition) is 2. The van der Waals surface area contributed by atoms with Crippen molar-refractivity contribution in [2.24, 2.45) is 0 Å². The highest BCUT2D eigenvalue weighted by Gasteiger charge is 2.15. The topological polar surface area (TPSA) is 49.8 Å². The number of nitrogens with two attached hydrogens (primary N) is 1. The average Bonchev–Trinajstić information content (AvgIpc) is 2.30. The van der Waals surface area contributed by atoms with Crippen molar-refractivity contribution in [1.82, 2.24) is 0 Å². The monoisotopic (exact) mass is 232 g/mol. The minimum Gasteiger partial charge on any atom is -0.399 e. The predicted molar refractivity (Wildman–Crippen MR) is 62.4 cm³/mol. The Labute approximate surface area is 97.3 Å². The first-order valence-corrected chi connectivity index (χ1v) is 5.18. The molecule has 0 bridgehead atoms. The Bertz CT molecular complexity index is 642. The lowest BCUT2D eigenvalue weighted by Gasteiger charge is -2.09. The van der Waals surface area contributed by atoms with Gasteiger partial charge in [0.05, 0.1) is 5.56 Å². The lowest BCUT2D eigenvalue weighted by Crippen LogP contribution is -1.97. The quantitative estimate of drug-likeness (QED) is 0.768. The van der Waals surface area contributed by atoms with Crippen LogP contribution in [-0.2, 0) is 6.42 Å². The molecule has 2 N–H and O–H groups in total. The van der Waals surface area contributed by atoms with E-state index in [0.29, 0.717) is 22.9 Å². The van der Waals surface area contributed by atoms with Crippen LogP contribution in [0.3, 0.4) is 0 Å². The van der Waals surface area contributed by atoms with Crippen molar-refractivity contribution >= 4 is 16.5 Å². The van der Waals surface area contributed by atoms with E-state index < -0.39 is 11.6 Å². The van der Waals surface area contributed by atoms with E-state index in [0.717, 1.165) is 11.6 Å². The summed E-state index contributed by atoms with van der Waals surface area (Å²) in [5, 5.41) is 9.85. The molecule has 2 rings (SSSR count). The summed E-state index contributed by atoms with van der Waals surface area (Å²) < 4.78 is 26.8. The third-order valence-corrected chi connectivity index (χ3v) is 2.73. The molecule has 0 aromatic heterocycles. The fraction of sp³-hybridized carbons (Fsp3) is 0.154. The van der Waals surface area contributed by atoms with E-state index in [1.165, 1.54) is 6.07 Å². The first-order chi connectivity index (χ1) is 8.08. The standard InChI is InChI=1S/C13H10F2N2/c1-2-7-3-9(17)4-8-5-11(14)13(15)10(6-16)12(7)8/h3-5H,2,17H2,1H3. The maximum atomic E-state index is 13.5. The van der Waals surface area contributed by atoms with Crippen LogP contribution in [0, 0.1) is 23.0 Å². The van der Waals surface area contributed by atoms with Crippen LogP contribution in [0.2, 0.25) is 0 Å². The van der Waals surface area contributed by atoms with Crippen molar-refractivity contribution in [3.05, 3.63) is 41.0 Å². The molecule has 86 valence electrons. The fourth-order valence-electron chi connectivity index (χ4n) is 1.98. The Morgan fingerprint density at radius 3 is 2.59 bits per heavy atom. The number of aryl methyl sites for hydroxylation is 1. The van der Waals surface area contributed by atoms with Gasteiger partial charge in [-0.05, 0) is 35.6 Å². The zero-order valence-corrected chi connectivity index (χ0v) is 9.22. The molecule has 4 heteroatoms. The Morgan fingerprint density at radius 1 is 1.29 bits per heavy atom. The van der Waals surface area contributed by atoms with Crippen molar-refractivity contribution in [2.45, 2.75) is 13.3 Å². The molecule has 2 aromatic carbocycles. The van der Waals surface area contributed by atoms with Gasteiger partial charge in [-0.3, -0.25) is 0 Å². The van der Waals surface area contributed by atoms with Gasteiger partial charge in [-0.1, -0.05) is 6.92 Å². The lowest BCUT2D eigenvalue weighted by molar-refractivity contribution is 0.508. The van der Waals surface area contributed by atoms with E-state index in [2.05, 4.69) is 0 Å². The van der Waals surface area contributed by atoms with Crippen molar-refractivity contribution in [1.29, 1.82) is 5.26 Å². The average molecular weight is 232 g/mol. The largest absolute Gasteiger partial charge is 0.399 e. The first kappa shape index (κ1) is 11.3. The zero-order valence-electron chi connectivity index (χ0n) is 9.22. The number of hydrogen-bond donors (Lipinski definition) is 1. The molecule has 0 unspecified atom stereocenters. The molecule has 0 atom stereocenters. The summed E-state index contributed by atoms with van der Waals surface area (Å²) in [6, 6.07) is 6.01. The number of benzene rings is 2. The number of rotatable bonds is 1. The van der Waals surface area contributed by atoms with Crippen LogP contribution in [0.15, 0.2) is 18.2 Å². The van der Waals surface area contributed by atoms with Crippen molar-refractivity contribution in [2.75, 3.05) is 5.73 Å². The summed E-state index contributed by atoms with van der Waals surface area (Å²) in [4.78, 5) is 0. The molecule has 0 saturated heterocycles. The Morgan fingerprint density at radius 2 is 2.00 bits per heavy atom. The van der Waals surface area contributed by atoms with Crippen LogP contribution >= 0.6 is 0 Å². The smallest absolute Gasteiger partial charge is 0.177 e. The van der Waals surface area contributed by atoms with Crippen LogP contribution in [0.1, 0.15) is 18.1 Å². The molecule has 0 saturated carbocycles. The molecule has 0 radical (unpaired) electrons. The normalized spacial score (nSPS) is 10.5. The molecule has 2 aromatic rings. The van der Waals surface area contributed by atoms with Gasteiger partial charge in [0, 0.05) is 11.1 Å². The van der Waals surface area contributed by atoms with Crippen LogP contribution < -0.4 is 5.73 Å². The van der Waals surface area contributed by atoms with Gasteiger partial charge in [0.15, 0.2) is 11.6 Å². The van der Waals surface area contributed by atoms with Gasteiger partial charge in [-0.25, -0.2) is 8.78 Å². The Balaban J connectivity index is 3.02. The van der Waals surface area contributed by atoms with Crippen LogP contribution in [0.5, 0.6) is 0 Å². The molecule has 0 aliphatic rings. The predicted octanol–water partition coefficient (Wildman–Crippen LogP) is 3.13. The van der Waals surface area contributed by atoms with E-state index in [4.69, 9.17) is 11.0 Å². The lowest BCUT2D eigenvalue weighted by atomic mass is 9.97. The van der Waals surface area contributed by atoms with Gasteiger partial charge in [0.25, 0.3) is 0 Å². The number of halogens is 2. The SMILES string of the molecule is CCc1cc(N)cc2cc(F)c(F)c(C#N)c12. The fourth-order valence-corrected chi connectivity index (χ4v) is 1.98. The second-order valence-electron chi connectivity index (χ2n) is 3.79. The minimum absolute atomic E-state index is 0.253. The van der Waals surface area contributed by atoms with Gasteiger partial charge >= 0.3 is 0 Å². The van der Waals surface area contributed by atoms with Crippen LogP contribution in [0.25, 0.3) is 10.8 Å². The molecule has 17 heavy (non-hydrogen) atoms. The molecule has 0 spiro atoms. The number of nitrogen functional groups attached to an aromatic ring is 1. The van der Waals surface area contributed by atoms with Gasteiger partial charge in [0.2, 0.25) is 0 Å². The second kappa shape index (κ2) is 4.02. The highest BCUT2D eigenvalue weighted by Crippen LogP contribution is 2.29. The van der Waals surface area contributed by atoms with Crippen LogP contribution in [-0.4, -0.2) is 0 Å². The van der Waals surface area contributed by atoms with Crippen LogP contribution in [0.4, 0.5) is 14.5 Å². The summed E-state index contributed by atoms with van der Waals surface area (Å²) in [5.74, 6) is -2.12. The molecule has 0 aliphatic carbocycles. The highest BCUT2D eigenvalue weighted by atomic mass is 19.2. The van der Waals surface area contributed by atoms with Crippen molar-refractivity contribution in [3.8, 4) is 6.07 Å². The van der Waals surface area contributed by atoms with E-state index in [1.54, 1.807) is 12.1 Å². The molecular weight excluding hydrogens is 222 g/mol. The maximum absolute atomic E-state index is 13.5. The molecule has 0 aliphatic heterocycles. The van der Waals surface area contributed by atoms with E-state index in [1.807, 2.05) is 6.92 Å².